The lowest BCUT2D eigenvalue weighted by atomic mass is 10.0. The van der Waals surface area contributed by atoms with E-state index in [-0.39, 0.29) is 0 Å². The Bertz CT molecular complexity index is 160. The average molecular weight is 140 g/mol. The van der Waals surface area contributed by atoms with E-state index < -0.39 is 5.60 Å². The van der Waals surface area contributed by atoms with Gasteiger partial charge in [0, 0.05) is 6.42 Å². The Balaban J connectivity index is 2.30. The molecule has 1 N–H and O–H groups in total. The highest BCUT2D eigenvalue weighted by molar-refractivity contribution is 5.16. The summed E-state index contributed by atoms with van der Waals surface area (Å²) in [6, 6.07) is 0. The molecular formula is C8H12O2. The maximum atomic E-state index is 9.34. The molecule has 1 heterocycles. The highest BCUT2D eigenvalue weighted by Crippen LogP contribution is 2.14. The zero-order chi connectivity index (χ0) is 7.45. The fraction of sp³-hybridized carbons (Fsp3) is 0.750. The molecule has 0 atom stereocenters. The third kappa shape index (κ3) is 1.73. The van der Waals surface area contributed by atoms with E-state index in [1.54, 1.807) is 0 Å². The Hall–Kier alpha value is -0.520. The van der Waals surface area contributed by atoms with Crippen molar-refractivity contribution in [3.63, 3.8) is 0 Å². The summed E-state index contributed by atoms with van der Waals surface area (Å²) in [6.45, 7) is 2.82. The minimum absolute atomic E-state index is 0.379. The van der Waals surface area contributed by atoms with E-state index in [0.29, 0.717) is 13.2 Å². The van der Waals surface area contributed by atoms with Crippen LogP contribution < -0.4 is 0 Å². The van der Waals surface area contributed by atoms with E-state index >= 15 is 0 Å². The van der Waals surface area contributed by atoms with Crippen LogP contribution in [0.1, 0.15) is 19.8 Å². The van der Waals surface area contributed by atoms with Crippen molar-refractivity contribution in [1.29, 1.82) is 0 Å². The van der Waals surface area contributed by atoms with Crippen molar-refractivity contribution in [2.45, 2.75) is 25.4 Å². The summed E-state index contributed by atoms with van der Waals surface area (Å²) in [7, 11) is 0. The van der Waals surface area contributed by atoms with Crippen LogP contribution in [-0.4, -0.2) is 23.9 Å². The van der Waals surface area contributed by atoms with Crippen LogP contribution in [0.4, 0.5) is 0 Å². The van der Waals surface area contributed by atoms with E-state index in [4.69, 9.17) is 4.74 Å². The predicted octanol–water partition coefficient (Wildman–Crippen LogP) is 0.551. The summed E-state index contributed by atoms with van der Waals surface area (Å²) in [4.78, 5) is 0. The molecule has 1 saturated heterocycles. The minimum atomic E-state index is -0.810. The molecule has 2 heteroatoms. The lowest BCUT2D eigenvalue weighted by Gasteiger charge is -2.30. The monoisotopic (exact) mass is 140 g/mol. The zero-order valence-corrected chi connectivity index (χ0v) is 6.18. The van der Waals surface area contributed by atoms with Crippen molar-refractivity contribution in [2.75, 3.05) is 13.2 Å². The molecule has 1 aliphatic heterocycles. The van der Waals surface area contributed by atoms with Gasteiger partial charge >= 0.3 is 0 Å². The Kier molecular flexibility index (Phi) is 2.31. The van der Waals surface area contributed by atoms with Gasteiger partial charge in [-0.05, 0) is 6.42 Å². The van der Waals surface area contributed by atoms with Gasteiger partial charge in [0.15, 0.2) is 5.60 Å². The quantitative estimate of drug-likeness (QED) is 0.539. The summed E-state index contributed by atoms with van der Waals surface area (Å²) in [6.07, 6.45) is 1.91. The lowest BCUT2D eigenvalue weighted by Crippen LogP contribution is -2.48. The van der Waals surface area contributed by atoms with Crippen LogP contribution in [0.15, 0.2) is 0 Å². The van der Waals surface area contributed by atoms with Gasteiger partial charge in [0.1, 0.15) is 0 Å². The van der Waals surface area contributed by atoms with Gasteiger partial charge < -0.3 is 9.84 Å². The highest BCUT2D eigenvalue weighted by Gasteiger charge is 2.33. The Morgan fingerprint density at radius 3 is 2.70 bits per heavy atom. The normalized spacial score (nSPS) is 20.6. The van der Waals surface area contributed by atoms with E-state index in [0.717, 1.165) is 12.8 Å². The van der Waals surface area contributed by atoms with Crippen molar-refractivity contribution in [1.82, 2.24) is 0 Å². The van der Waals surface area contributed by atoms with Crippen LogP contribution in [0.25, 0.3) is 0 Å². The molecule has 0 aromatic rings. The van der Waals surface area contributed by atoms with E-state index in [1.165, 1.54) is 0 Å². The second-order valence-electron chi connectivity index (χ2n) is 2.58. The number of ether oxygens (including phenoxy) is 1. The lowest BCUT2D eigenvalue weighted by molar-refractivity contribution is -0.140. The van der Waals surface area contributed by atoms with Crippen LogP contribution in [0.5, 0.6) is 0 Å². The fourth-order valence-electron chi connectivity index (χ4n) is 0.720. The third-order valence-electron chi connectivity index (χ3n) is 1.38. The molecule has 0 radical (unpaired) electrons. The summed E-state index contributed by atoms with van der Waals surface area (Å²) >= 11 is 0. The van der Waals surface area contributed by atoms with Crippen molar-refractivity contribution in [2.24, 2.45) is 0 Å². The Morgan fingerprint density at radius 1 is 1.60 bits per heavy atom. The molecule has 0 aliphatic carbocycles. The second-order valence-corrected chi connectivity index (χ2v) is 2.58. The summed E-state index contributed by atoms with van der Waals surface area (Å²) in [5, 5.41) is 9.34. The number of rotatable bonds is 1. The molecule has 1 rings (SSSR count). The maximum absolute atomic E-state index is 9.34. The molecule has 0 bridgehead atoms. The smallest absolute Gasteiger partial charge is 0.171 e. The summed E-state index contributed by atoms with van der Waals surface area (Å²) in [5.74, 6) is 5.67. The van der Waals surface area contributed by atoms with Gasteiger partial charge in [-0.25, -0.2) is 0 Å². The number of hydrogen-bond donors (Lipinski definition) is 1. The molecular weight excluding hydrogens is 128 g/mol. The van der Waals surface area contributed by atoms with Crippen LogP contribution in [0, 0.1) is 11.8 Å². The summed E-state index contributed by atoms with van der Waals surface area (Å²) < 4.78 is 4.82. The van der Waals surface area contributed by atoms with E-state index in [1.807, 2.05) is 0 Å². The van der Waals surface area contributed by atoms with E-state index in [2.05, 4.69) is 18.8 Å². The maximum Gasteiger partial charge on any atom is 0.171 e. The van der Waals surface area contributed by atoms with Crippen LogP contribution in [-0.2, 0) is 4.74 Å². The van der Waals surface area contributed by atoms with Crippen molar-refractivity contribution in [3.8, 4) is 11.8 Å². The largest absolute Gasteiger partial charge is 0.373 e. The van der Waals surface area contributed by atoms with Gasteiger partial charge in [-0.15, -0.1) is 5.92 Å². The van der Waals surface area contributed by atoms with Gasteiger partial charge in [-0.3, -0.25) is 0 Å². The van der Waals surface area contributed by atoms with Crippen LogP contribution in [0.2, 0.25) is 0 Å². The number of unbranched alkanes of at least 4 members (excludes halogenated alkanes) is 1. The molecule has 1 aliphatic rings. The van der Waals surface area contributed by atoms with Crippen molar-refractivity contribution in [3.05, 3.63) is 0 Å². The standard InChI is InChI=1S/C8H12O2/c1-2-3-4-5-8(9)6-10-7-8/h9H,2-3,6-7H2,1H3. The molecule has 1 fully saturated rings. The number of hydrogen-bond acceptors (Lipinski definition) is 2. The highest BCUT2D eigenvalue weighted by atomic mass is 16.5. The predicted molar refractivity (Wildman–Crippen MR) is 38.5 cm³/mol. The van der Waals surface area contributed by atoms with Gasteiger partial charge in [-0.1, -0.05) is 12.8 Å². The first kappa shape index (κ1) is 7.59. The van der Waals surface area contributed by atoms with E-state index in [9.17, 15) is 5.11 Å². The third-order valence-corrected chi connectivity index (χ3v) is 1.38. The molecule has 0 spiro atoms. The first-order valence-corrected chi connectivity index (χ1v) is 3.57. The Morgan fingerprint density at radius 2 is 2.30 bits per heavy atom. The zero-order valence-electron chi connectivity index (χ0n) is 6.18. The molecule has 2 nitrogen and oxygen atoms in total. The van der Waals surface area contributed by atoms with Gasteiger partial charge in [0.25, 0.3) is 0 Å². The molecule has 56 valence electrons. The average Bonchev–Trinajstić information content (AvgIpc) is 1.85. The second kappa shape index (κ2) is 3.05. The van der Waals surface area contributed by atoms with Crippen LogP contribution >= 0.6 is 0 Å². The molecule has 0 amide bonds. The first-order chi connectivity index (χ1) is 4.77. The minimum Gasteiger partial charge on any atom is -0.373 e. The topological polar surface area (TPSA) is 29.5 Å². The molecule has 0 aromatic heterocycles. The van der Waals surface area contributed by atoms with Gasteiger partial charge in [-0.2, -0.15) is 0 Å². The molecule has 0 saturated carbocycles. The van der Waals surface area contributed by atoms with Gasteiger partial charge in [0.2, 0.25) is 0 Å². The summed E-state index contributed by atoms with van der Waals surface area (Å²) in [5.41, 5.74) is -0.810. The first-order valence-electron chi connectivity index (χ1n) is 3.57. The molecule has 0 unspecified atom stereocenters. The Labute approximate surface area is 61.2 Å². The SMILES string of the molecule is CCCC#CC1(O)COC1. The number of aliphatic hydroxyl groups is 1. The van der Waals surface area contributed by atoms with Gasteiger partial charge in [0.05, 0.1) is 13.2 Å². The molecule has 0 aromatic carbocycles. The van der Waals surface area contributed by atoms with Crippen molar-refractivity contribution >= 4 is 0 Å². The van der Waals surface area contributed by atoms with Crippen molar-refractivity contribution < 1.29 is 9.84 Å². The fourth-order valence-corrected chi connectivity index (χ4v) is 0.720. The van der Waals surface area contributed by atoms with Crippen LogP contribution in [0.3, 0.4) is 0 Å². The molecule has 10 heavy (non-hydrogen) atoms.